The molecule has 0 saturated carbocycles. The van der Waals surface area contributed by atoms with Gasteiger partial charge in [0.05, 0.1) is 11.0 Å². The zero-order valence-corrected chi connectivity index (χ0v) is 25.4. The van der Waals surface area contributed by atoms with Crippen LogP contribution >= 0.6 is 0 Å². The second-order valence-electron chi connectivity index (χ2n) is 12.2. The first-order valence-electron chi connectivity index (χ1n) is 15.9. The Balaban J connectivity index is 1.13. The molecule has 46 heavy (non-hydrogen) atoms. The van der Waals surface area contributed by atoms with Gasteiger partial charge in [0, 0.05) is 16.5 Å². The van der Waals surface area contributed by atoms with Crippen molar-refractivity contribution in [2.75, 3.05) is 0 Å². The Morgan fingerprint density at radius 1 is 0.435 bits per heavy atom. The molecule has 8 aromatic rings. The lowest BCUT2D eigenvalue weighted by Gasteiger charge is -2.13. The average molecular weight is 586 g/mol. The van der Waals surface area contributed by atoms with E-state index in [0.717, 1.165) is 12.0 Å². The molecule has 1 aromatic heterocycles. The fourth-order valence-electron chi connectivity index (χ4n) is 7.41. The zero-order chi connectivity index (χ0) is 30.6. The molecule has 1 heteroatoms. The van der Waals surface area contributed by atoms with Gasteiger partial charge in [-0.15, -0.1) is 0 Å². The molecule has 0 atom stereocenters. The Morgan fingerprint density at radius 3 is 1.98 bits per heavy atom. The molecule has 0 aliphatic heterocycles. The maximum absolute atomic E-state index is 4.51. The van der Waals surface area contributed by atoms with Gasteiger partial charge < -0.3 is 4.57 Å². The minimum Gasteiger partial charge on any atom is -0.309 e. The minimum absolute atomic E-state index is 0.850. The summed E-state index contributed by atoms with van der Waals surface area (Å²) in [5, 5.41) is 2.53. The standard InChI is InChI=1S/C45H31N/c1-30-38-19-5-6-20-39(38)41-22-11-17-36(45(30)41)26-31-12-9-18-37(27-31)46-43-23-8-7-21-40(43)42-29-35(24-25-44(42)46)34-16-10-15-33(28-34)32-13-3-2-4-14-32/h2-25,27-29H,1,26H2. The van der Waals surface area contributed by atoms with E-state index in [0.29, 0.717) is 0 Å². The topological polar surface area (TPSA) is 4.93 Å². The van der Waals surface area contributed by atoms with Gasteiger partial charge in [0.25, 0.3) is 0 Å². The van der Waals surface area contributed by atoms with E-state index < -0.39 is 0 Å². The molecule has 7 aromatic carbocycles. The van der Waals surface area contributed by atoms with Crippen molar-refractivity contribution in [2.45, 2.75) is 6.42 Å². The van der Waals surface area contributed by atoms with Crippen molar-refractivity contribution in [3.63, 3.8) is 0 Å². The number of nitrogens with zero attached hydrogens (tertiary/aromatic N) is 1. The van der Waals surface area contributed by atoms with Crippen molar-refractivity contribution in [1.82, 2.24) is 4.57 Å². The van der Waals surface area contributed by atoms with Gasteiger partial charge in [0.1, 0.15) is 0 Å². The molecule has 0 radical (unpaired) electrons. The van der Waals surface area contributed by atoms with Crippen LogP contribution in [0, 0.1) is 0 Å². The van der Waals surface area contributed by atoms with Crippen molar-refractivity contribution >= 4 is 27.4 Å². The Kier molecular flexibility index (Phi) is 6.11. The lowest BCUT2D eigenvalue weighted by molar-refractivity contribution is 1.13. The van der Waals surface area contributed by atoms with E-state index in [9.17, 15) is 0 Å². The molecule has 0 unspecified atom stereocenters. The largest absolute Gasteiger partial charge is 0.309 e. The molecule has 0 bridgehead atoms. The summed E-state index contributed by atoms with van der Waals surface area (Å²) in [6.45, 7) is 4.51. The first-order valence-corrected chi connectivity index (χ1v) is 15.9. The third-order valence-corrected chi connectivity index (χ3v) is 9.53. The minimum atomic E-state index is 0.850. The highest BCUT2D eigenvalue weighted by molar-refractivity contribution is 6.10. The van der Waals surface area contributed by atoms with Crippen LogP contribution in [0.25, 0.3) is 66.4 Å². The molecule has 1 aliphatic rings. The summed E-state index contributed by atoms with van der Waals surface area (Å²) in [6, 6.07) is 59.5. The van der Waals surface area contributed by atoms with E-state index in [4.69, 9.17) is 0 Å². The SMILES string of the molecule is C=C1c2ccccc2-c2cccc(Cc3cccc(-n4c5ccccc5c5cc(-c6cccc(-c7ccccc7)c6)ccc54)c3)c21. The fraction of sp³-hybridized carbons (Fsp3) is 0.0222. The number of rotatable bonds is 5. The van der Waals surface area contributed by atoms with Gasteiger partial charge in [-0.3, -0.25) is 0 Å². The van der Waals surface area contributed by atoms with Crippen LogP contribution in [-0.4, -0.2) is 4.57 Å². The Morgan fingerprint density at radius 2 is 1.09 bits per heavy atom. The van der Waals surface area contributed by atoms with Crippen LogP contribution < -0.4 is 0 Å². The molecule has 0 saturated heterocycles. The van der Waals surface area contributed by atoms with Crippen LogP contribution in [0.15, 0.2) is 170 Å². The number of benzene rings is 7. The highest BCUT2D eigenvalue weighted by Crippen LogP contribution is 2.45. The van der Waals surface area contributed by atoms with Crippen LogP contribution in [0.1, 0.15) is 22.3 Å². The van der Waals surface area contributed by atoms with E-state index in [1.165, 1.54) is 83.1 Å². The third-order valence-electron chi connectivity index (χ3n) is 9.53. The van der Waals surface area contributed by atoms with Crippen molar-refractivity contribution in [2.24, 2.45) is 0 Å². The maximum Gasteiger partial charge on any atom is 0.0541 e. The summed E-state index contributed by atoms with van der Waals surface area (Å²) >= 11 is 0. The van der Waals surface area contributed by atoms with Crippen molar-refractivity contribution in [1.29, 1.82) is 0 Å². The van der Waals surface area contributed by atoms with Gasteiger partial charge in [-0.05, 0) is 104 Å². The summed E-state index contributed by atoms with van der Waals surface area (Å²) < 4.78 is 2.42. The molecular weight excluding hydrogens is 555 g/mol. The van der Waals surface area contributed by atoms with Gasteiger partial charge >= 0.3 is 0 Å². The Hall–Kier alpha value is -5.92. The number of para-hydroxylation sites is 1. The van der Waals surface area contributed by atoms with Crippen molar-refractivity contribution in [3.8, 4) is 39.1 Å². The number of aromatic nitrogens is 1. The lowest BCUT2D eigenvalue weighted by Crippen LogP contribution is -1.98. The average Bonchev–Trinajstić information content (AvgIpc) is 3.61. The highest BCUT2D eigenvalue weighted by Gasteiger charge is 2.24. The lowest BCUT2D eigenvalue weighted by atomic mass is 9.94. The van der Waals surface area contributed by atoms with Crippen LogP contribution in [-0.2, 0) is 6.42 Å². The number of hydrogen-bond donors (Lipinski definition) is 0. The smallest absolute Gasteiger partial charge is 0.0541 e. The zero-order valence-electron chi connectivity index (χ0n) is 25.4. The van der Waals surface area contributed by atoms with E-state index in [1.807, 2.05) is 0 Å². The van der Waals surface area contributed by atoms with Gasteiger partial charge in [0.15, 0.2) is 0 Å². The summed E-state index contributed by atoms with van der Waals surface area (Å²) in [5.41, 5.74) is 17.4. The second kappa shape index (κ2) is 10.6. The van der Waals surface area contributed by atoms with Gasteiger partial charge in [-0.1, -0.05) is 134 Å². The van der Waals surface area contributed by atoms with Gasteiger partial charge in [-0.25, -0.2) is 0 Å². The van der Waals surface area contributed by atoms with E-state index in [-0.39, 0.29) is 0 Å². The van der Waals surface area contributed by atoms with E-state index >= 15 is 0 Å². The molecular formula is C45H31N. The molecule has 1 nitrogen and oxygen atoms in total. The molecule has 1 heterocycles. The molecule has 0 spiro atoms. The normalized spacial score (nSPS) is 12.0. The Bertz CT molecular complexity index is 2460. The third kappa shape index (κ3) is 4.24. The quantitative estimate of drug-likeness (QED) is 0.189. The van der Waals surface area contributed by atoms with Gasteiger partial charge in [0.2, 0.25) is 0 Å². The number of fused-ring (bicyclic) bond motifs is 6. The monoisotopic (exact) mass is 585 g/mol. The van der Waals surface area contributed by atoms with Gasteiger partial charge in [-0.2, -0.15) is 0 Å². The predicted octanol–water partition coefficient (Wildman–Crippen LogP) is 11.8. The van der Waals surface area contributed by atoms with E-state index in [2.05, 4.69) is 175 Å². The van der Waals surface area contributed by atoms with E-state index in [1.54, 1.807) is 0 Å². The molecule has 0 N–H and O–H groups in total. The second-order valence-corrected chi connectivity index (χ2v) is 12.2. The first kappa shape index (κ1) is 26.5. The van der Waals surface area contributed by atoms with Crippen molar-refractivity contribution in [3.05, 3.63) is 193 Å². The molecule has 0 fully saturated rings. The summed E-state index contributed by atoms with van der Waals surface area (Å²) in [4.78, 5) is 0. The van der Waals surface area contributed by atoms with Crippen LogP contribution in [0.2, 0.25) is 0 Å². The molecule has 216 valence electrons. The number of hydrogen-bond acceptors (Lipinski definition) is 0. The van der Waals surface area contributed by atoms with Crippen LogP contribution in [0.3, 0.4) is 0 Å². The summed E-state index contributed by atoms with van der Waals surface area (Å²) in [7, 11) is 0. The highest BCUT2D eigenvalue weighted by atomic mass is 15.0. The molecule has 9 rings (SSSR count). The van der Waals surface area contributed by atoms with Crippen molar-refractivity contribution < 1.29 is 0 Å². The first-order chi connectivity index (χ1) is 22.7. The van der Waals surface area contributed by atoms with Crippen LogP contribution in [0.5, 0.6) is 0 Å². The Labute approximate surface area is 269 Å². The molecule has 0 amide bonds. The predicted molar refractivity (Wildman–Crippen MR) is 194 cm³/mol. The summed E-state index contributed by atoms with van der Waals surface area (Å²) in [5.74, 6) is 0. The summed E-state index contributed by atoms with van der Waals surface area (Å²) in [6.07, 6.45) is 0.850. The van der Waals surface area contributed by atoms with Crippen LogP contribution in [0.4, 0.5) is 0 Å². The maximum atomic E-state index is 4.51. The molecule has 1 aliphatic carbocycles. The fourth-order valence-corrected chi connectivity index (χ4v) is 7.41.